The van der Waals surface area contributed by atoms with Crippen molar-refractivity contribution in [2.75, 3.05) is 18.6 Å². The first-order valence-electron chi connectivity index (χ1n) is 9.98. The van der Waals surface area contributed by atoms with Gasteiger partial charge in [0, 0.05) is 29.8 Å². The van der Waals surface area contributed by atoms with E-state index in [1.54, 1.807) is 13.0 Å². The number of ether oxygens (including phenoxy) is 1. The van der Waals surface area contributed by atoms with Gasteiger partial charge in [0.25, 0.3) is 5.91 Å². The summed E-state index contributed by atoms with van der Waals surface area (Å²) in [5.74, 6) is -1.21. The van der Waals surface area contributed by atoms with Crippen LogP contribution >= 0.6 is 0 Å². The maximum absolute atomic E-state index is 13.0. The molecule has 2 N–H and O–H groups in total. The maximum Gasteiger partial charge on any atom is 0.422 e. The molecule has 1 atom stereocenters. The van der Waals surface area contributed by atoms with Crippen molar-refractivity contribution >= 4 is 15.7 Å². The monoisotopic (exact) mass is 474 g/mol. The first-order chi connectivity index (χ1) is 14.8. The first-order valence-corrected chi connectivity index (χ1v) is 12.0. The van der Waals surface area contributed by atoms with Crippen LogP contribution in [0.2, 0.25) is 0 Å². The number of H-pyrrole nitrogens is 1. The average molecular weight is 475 g/mol. The summed E-state index contributed by atoms with van der Waals surface area (Å²) < 4.78 is 67.1. The fourth-order valence-corrected chi connectivity index (χ4v) is 4.86. The number of amides is 1. The third kappa shape index (κ3) is 5.99. The molecule has 1 aliphatic rings. The molecule has 0 radical (unpaired) electrons. The molecule has 176 valence electrons. The molecule has 1 fully saturated rings. The number of aryl methyl sites for hydroxylation is 1. The van der Waals surface area contributed by atoms with Crippen LogP contribution in [0.4, 0.5) is 13.2 Å². The lowest BCUT2D eigenvalue weighted by Crippen LogP contribution is -2.48. The minimum absolute atomic E-state index is 0.0328. The number of aromatic nitrogens is 3. The molecule has 8 nitrogen and oxygen atoms in total. The smallest absolute Gasteiger partial charge is 0.422 e. The normalized spacial score (nSPS) is 16.8. The molecule has 0 saturated heterocycles. The van der Waals surface area contributed by atoms with Gasteiger partial charge < -0.3 is 10.1 Å². The summed E-state index contributed by atoms with van der Waals surface area (Å²) in [7, 11) is -3.53. The number of nitrogens with one attached hydrogen (secondary N) is 2. The number of alkyl halides is 3. The number of pyridine rings is 1. The van der Waals surface area contributed by atoms with Crippen molar-refractivity contribution in [3.8, 4) is 5.75 Å². The summed E-state index contributed by atoms with van der Waals surface area (Å²) in [6, 6.07) is 2.78. The van der Waals surface area contributed by atoms with Crippen molar-refractivity contribution in [3.05, 3.63) is 41.0 Å². The van der Waals surface area contributed by atoms with E-state index in [1.807, 2.05) is 0 Å². The van der Waals surface area contributed by atoms with Crippen LogP contribution in [0.25, 0.3) is 0 Å². The van der Waals surface area contributed by atoms with E-state index in [1.165, 1.54) is 19.2 Å². The molecule has 0 bridgehead atoms. The molecule has 0 spiro atoms. The van der Waals surface area contributed by atoms with E-state index in [2.05, 4.69) is 20.5 Å². The molecule has 1 aliphatic carbocycles. The zero-order valence-corrected chi connectivity index (χ0v) is 18.7. The van der Waals surface area contributed by atoms with Crippen LogP contribution in [0, 0.1) is 6.92 Å². The highest BCUT2D eigenvalue weighted by molar-refractivity contribution is 7.90. The zero-order chi connectivity index (χ0) is 23.7. The van der Waals surface area contributed by atoms with Gasteiger partial charge in [-0.25, -0.2) is 8.42 Å². The lowest BCUT2D eigenvalue weighted by molar-refractivity contribution is -0.153. The number of hydrogen-bond donors (Lipinski definition) is 2. The van der Waals surface area contributed by atoms with E-state index >= 15 is 0 Å². The van der Waals surface area contributed by atoms with E-state index in [9.17, 15) is 26.4 Å². The van der Waals surface area contributed by atoms with Crippen molar-refractivity contribution in [2.24, 2.45) is 0 Å². The SMILES string of the molecule is Cc1cc(C(C)(CS(C)(=O)=O)NC(=O)c2cc(OCC(F)(F)F)c(C3CCC3)cn2)n[nH]1. The number of carbonyl (C=O) groups excluding carboxylic acids is 1. The van der Waals surface area contributed by atoms with Crippen LogP contribution in [-0.4, -0.2) is 54.3 Å². The van der Waals surface area contributed by atoms with Gasteiger partial charge in [-0.2, -0.15) is 18.3 Å². The van der Waals surface area contributed by atoms with Gasteiger partial charge in [0.2, 0.25) is 0 Å². The van der Waals surface area contributed by atoms with Crippen LogP contribution < -0.4 is 10.1 Å². The highest BCUT2D eigenvalue weighted by Gasteiger charge is 2.36. The minimum atomic E-state index is -4.53. The standard InChI is InChI=1S/C20H25F3N4O4S/c1-12-7-17(27-26-12)19(2,11-32(3,29)30)25-18(28)15-8-16(31-10-20(21,22)23)14(9-24-15)13-5-4-6-13/h7-9,13H,4-6,10-11H2,1-3H3,(H,25,28)(H,26,27). The molecule has 1 saturated carbocycles. The fraction of sp³-hybridized carbons (Fsp3) is 0.550. The zero-order valence-electron chi connectivity index (χ0n) is 17.9. The Kier molecular flexibility index (Phi) is 6.55. The lowest BCUT2D eigenvalue weighted by atomic mass is 9.80. The molecule has 32 heavy (non-hydrogen) atoms. The van der Waals surface area contributed by atoms with Crippen molar-refractivity contribution in [1.29, 1.82) is 0 Å². The van der Waals surface area contributed by atoms with Crippen molar-refractivity contribution < 1.29 is 31.1 Å². The third-order valence-electron chi connectivity index (χ3n) is 5.28. The van der Waals surface area contributed by atoms with Gasteiger partial charge in [-0.3, -0.25) is 14.9 Å². The second-order valence-electron chi connectivity index (χ2n) is 8.43. The van der Waals surface area contributed by atoms with Crippen molar-refractivity contribution in [1.82, 2.24) is 20.5 Å². The Bertz CT molecular complexity index is 1100. The molecule has 12 heteroatoms. The Labute approximate surface area is 183 Å². The molecule has 2 aromatic heterocycles. The van der Waals surface area contributed by atoms with Crippen molar-refractivity contribution in [3.63, 3.8) is 0 Å². The topological polar surface area (TPSA) is 114 Å². The number of hydrogen-bond acceptors (Lipinski definition) is 6. The Morgan fingerprint density at radius 3 is 2.50 bits per heavy atom. The number of sulfone groups is 1. The second kappa shape index (κ2) is 8.72. The number of rotatable bonds is 8. The quantitative estimate of drug-likeness (QED) is 0.608. The summed E-state index contributed by atoms with van der Waals surface area (Å²) in [6.07, 6.45) is 0.427. The van der Waals surface area contributed by atoms with Gasteiger partial charge in [-0.15, -0.1) is 0 Å². The third-order valence-corrected chi connectivity index (χ3v) is 6.38. The van der Waals surface area contributed by atoms with Crippen LogP contribution in [0.5, 0.6) is 5.75 Å². The molecule has 2 aromatic rings. The number of aromatic amines is 1. The fourth-order valence-electron chi connectivity index (χ4n) is 3.60. The number of halogens is 3. The molecule has 0 aromatic carbocycles. The van der Waals surface area contributed by atoms with Crippen molar-refractivity contribution in [2.45, 2.75) is 50.7 Å². The molecule has 1 amide bonds. The average Bonchev–Trinajstić information content (AvgIpc) is 3.04. The lowest BCUT2D eigenvalue weighted by Gasteiger charge is -2.29. The van der Waals surface area contributed by atoms with E-state index < -0.39 is 39.8 Å². The van der Waals surface area contributed by atoms with Crippen LogP contribution in [-0.2, 0) is 15.4 Å². The van der Waals surface area contributed by atoms with E-state index in [0.29, 0.717) is 17.0 Å². The predicted octanol–water partition coefficient (Wildman–Crippen LogP) is 3.01. The van der Waals surface area contributed by atoms with E-state index in [4.69, 9.17) is 4.74 Å². The van der Waals surface area contributed by atoms with Gasteiger partial charge in [0.15, 0.2) is 6.61 Å². The molecule has 1 unspecified atom stereocenters. The molecular formula is C20H25F3N4O4S. The summed E-state index contributed by atoms with van der Waals surface area (Å²) in [5, 5.41) is 9.41. The van der Waals surface area contributed by atoms with Gasteiger partial charge in [0.1, 0.15) is 21.3 Å². The number of nitrogens with zero attached hydrogens (tertiary/aromatic N) is 2. The molecule has 3 rings (SSSR count). The highest BCUT2D eigenvalue weighted by Crippen LogP contribution is 2.41. The second-order valence-corrected chi connectivity index (χ2v) is 10.6. The summed E-state index contributed by atoms with van der Waals surface area (Å²) in [5.41, 5.74) is -0.0826. The number of carbonyl (C=O) groups is 1. The Balaban J connectivity index is 1.90. The Hall–Kier alpha value is -2.63. The van der Waals surface area contributed by atoms with E-state index in [-0.39, 0.29) is 17.4 Å². The predicted molar refractivity (Wildman–Crippen MR) is 110 cm³/mol. The Morgan fingerprint density at radius 1 is 1.31 bits per heavy atom. The Morgan fingerprint density at radius 2 is 2.00 bits per heavy atom. The summed E-state index contributed by atoms with van der Waals surface area (Å²) >= 11 is 0. The molecule has 0 aliphatic heterocycles. The highest BCUT2D eigenvalue weighted by atomic mass is 32.2. The summed E-state index contributed by atoms with van der Waals surface area (Å²) in [4.78, 5) is 17.1. The minimum Gasteiger partial charge on any atom is -0.484 e. The van der Waals surface area contributed by atoms with Crippen LogP contribution in [0.15, 0.2) is 18.3 Å². The van der Waals surface area contributed by atoms with Gasteiger partial charge >= 0.3 is 6.18 Å². The van der Waals surface area contributed by atoms with Crippen LogP contribution in [0.1, 0.15) is 59.5 Å². The van der Waals surface area contributed by atoms with Crippen LogP contribution in [0.3, 0.4) is 0 Å². The van der Waals surface area contributed by atoms with Gasteiger partial charge in [0.05, 0.1) is 17.0 Å². The van der Waals surface area contributed by atoms with Gasteiger partial charge in [-0.1, -0.05) is 6.42 Å². The maximum atomic E-state index is 13.0. The molecular weight excluding hydrogens is 449 g/mol. The first kappa shape index (κ1) is 24.0. The largest absolute Gasteiger partial charge is 0.484 e. The van der Waals surface area contributed by atoms with Gasteiger partial charge in [-0.05, 0) is 38.7 Å². The summed E-state index contributed by atoms with van der Waals surface area (Å²) in [6.45, 7) is 1.74. The van der Waals surface area contributed by atoms with E-state index in [0.717, 1.165) is 25.5 Å². The molecule has 2 heterocycles.